The zero-order chi connectivity index (χ0) is 22.2. The largest absolute Gasteiger partial charge is 0.507 e. The van der Waals surface area contributed by atoms with Crippen LogP contribution in [0.2, 0.25) is 0 Å². The van der Waals surface area contributed by atoms with E-state index in [9.17, 15) is 14.7 Å². The minimum atomic E-state index is -0.792. The van der Waals surface area contributed by atoms with Gasteiger partial charge in [-0.3, -0.25) is 14.5 Å². The molecular weight excluding hydrogens is 430 g/mol. The second kappa shape index (κ2) is 8.05. The molecule has 1 aromatic heterocycles. The third-order valence-corrected chi connectivity index (χ3v) is 6.34. The first-order chi connectivity index (χ1) is 15.6. The zero-order valence-electron chi connectivity index (χ0n) is 17.1. The van der Waals surface area contributed by atoms with Crippen molar-refractivity contribution in [3.63, 3.8) is 0 Å². The number of aliphatic hydroxyl groups excluding tert-OH is 1. The third kappa shape index (κ3) is 3.20. The molecule has 2 aliphatic rings. The lowest BCUT2D eigenvalue weighted by atomic mass is 9.99. The maximum atomic E-state index is 13.2. The van der Waals surface area contributed by atoms with Crippen molar-refractivity contribution in [2.24, 2.45) is 0 Å². The third-order valence-electron chi connectivity index (χ3n) is 5.42. The van der Waals surface area contributed by atoms with Crippen LogP contribution in [0.25, 0.3) is 5.76 Å². The molecule has 1 N–H and O–H groups in total. The van der Waals surface area contributed by atoms with Crippen molar-refractivity contribution in [3.8, 4) is 17.2 Å². The molecule has 3 heterocycles. The van der Waals surface area contributed by atoms with Crippen LogP contribution in [0, 0.1) is 0 Å². The SMILES string of the molecule is COc1ccccc1N1C(=O)C(=O)/C(=C(\O)c2ccc3c(c2)OCCO3)C1c1cccs1. The molecule has 1 unspecified atom stereocenters. The van der Waals surface area contributed by atoms with Gasteiger partial charge in [0.1, 0.15) is 30.8 Å². The van der Waals surface area contributed by atoms with Gasteiger partial charge in [0.25, 0.3) is 11.7 Å². The van der Waals surface area contributed by atoms with E-state index in [0.29, 0.717) is 41.7 Å². The number of hydrogen-bond donors (Lipinski definition) is 1. The standard InChI is InChI=1S/C24H19NO6S/c1-29-16-6-3-2-5-15(16)25-21(19-7-4-12-32-19)20(23(27)24(25)28)22(26)14-8-9-17-18(13-14)31-11-10-30-17/h2-9,12-13,21,26H,10-11H2,1H3/b22-20-. The van der Waals surface area contributed by atoms with Crippen molar-refractivity contribution < 1.29 is 28.9 Å². The molecule has 32 heavy (non-hydrogen) atoms. The first-order valence-corrected chi connectivity index (χ1v) is 10.9. The molecule has 2 aliphatic heterocycles. The smallest absolute Gasteiger partial charge is 0.300 e. The van der Waals surface area contributed by atoms with Crippen molar-refractivity contribution in [1.29, 1.82) is 0 Å². The Morgan fingerprint density at radius 1 is 1.06 bits per heavy atom. The fourth-order valence-corrected chi connectivity index (χ4v) is 4.80. The van der Waals surface area contributed by atoms with E-state index in [0.717, 1.165) is 4.88 Å². The van der Waals surface area contributed by atoms with Crippen LogP contribution < -0.4 is 19.1 Å². The van der Waals surface area contributed by atoms with E-state index >= 15 is 0 Å². The summed E-state index contributed by atoms with van der Waals surface area (Å²) in [5.74, 6) is -0.260. The number of thiophene rings is 1. The fourth-order valence-electron chi connectivity index (χ4n) is 3.97. The summed E-state index contributed by atoms with van der Waals surface area (Å²) in [4.78, 5) is 28.5. The van der Waals surface area contributed by atoms with Crippen molar-refractivity contribution in [2.45, 2.75) is 6.04 Å². The van der Waals surface area contributed by atoms with Crippen LogP contribution in [-0.4, -0.2) is 37.1 Å². The van der Waals surface area contributed by atoms with Gasteiger partial charge < -0.3 is 19.3 Å². The number of anilines is 1. The number of ether oxygens (including phenoxy) is 3. The van der Waals surface area contributed by atoms with Gasteiger partial charge in [0.05, 0.1) is 18.4 Å². The molecule has 0 bridgehead atoms. The number of ketones is 1. The van der Waals surface area contributed by atoms with Gasteiger partial charge in [-0.05, 0) is 41.8 Å². The van der Waals surface area contributed by atoms with Crippen LogP contribution in [0.5, 0.6) is 17.2 Å². The molecule has 5 rings (SSSR count). The van der Waals surface area contributed by atoms with E-state index in [4.69, 9.17) is 14.2 Å². The molecule has 0 aliphatic carbocycles. The molecule has 1 saturated heterocycles. The van der Waals surface area contributed by atoms with Crippen LogP contribution in [0.1, 0.15) is 16.5 Å². The summed E-state index contributed by atoms with van der Waals surface area (Å²) < 4.78 is 16.6. The number of aliphatic hydroxyl groups is 1. The van der Waals surface area contributed by atoms with E-state index in [1.807, 2.05) is 17.5 Å². The monoisotopic (exact) mass is 449 g/mol. The first-order valence-electron chi connectivity index (χ1n) is 9.97. The number of benzene rings is 2. The Morgan fingerprint density at radius 2 is 1.84 bits per heavy atom. The molecule has 1 amide bonds. The van der Waals surface area contributed by atoms with E-state index < -0.39 is 17.7 Å². The van der Waals surface area contributed by atoms with Gasteiger partial charge in [0.2, 0.25) is 0 Å². The van der Waals surface area contributed by atoms with Gasteiger partial charge in [-0.2, -0.15) is 0 Å². The maximum absolute atomic E-state index is 13.2. The van der Waals surface area contributed by atoms with E-state index in [-0.39, 0.29) is 11.3 Å². The number of nitrogens with zero attached hydrogens (tertiary/aromatic N) is 1. The summed E-state index contributed by atoms with van der Waals surface area (Å²) in [7, 11) is 1.50. The van der Waals surface area contributed by atoms with E-state index in [1.54, 1.807) is 42.5 Å². The number of methoxy groups -OCH3 is 1. The van der Waals surface area contributed by atoms with Gasteiger partial charge in [-0.15, -0.1) is 11.3 Å². The van der Waals surface area contributed by atoms with Crippen LogP contribution in [0.4, 0.5) is 5.69 Å². The lowest BCUT2D eigenvalue weighted by molar-refractivity contribution is -0.132. The molecule has 1 fully saturated rings. The van der Waals surface area contributed by atoms with Crippen LogP contribution in [0.15, 0.2) is 65.6 Å². The topological polar surface area (TPSA) is 85.3 Å². The summed E-state index contributed by atoms with van der Waals surface area (Å²) in [5.41, 5.74) is 0.839. The van der Waals surface area contributed by atoms with E-state index in [2.05, 4.69) is 0 Å². The number of hydrogen-bond acceptors (Lipinski definition) is 7. The second-order valence-electron chi connectivity index (χ2n) is 7.21. The normalized spacial score (nSPS) is 19.3. The van der Waals surface area contributed by atoms with Crippen molar-refractivity contribution >= 4 is 34.5 Å². The molecule has 0 saturated carbocycles. The van der Waals surface area contributed by atoms with Gasteiger partial charge in [0, 0.05) is 10.4 Å². The van der Waals surface area contributed by atoms with Gasteiger partial charge in [-0.1, -0.05) is 18.2 Å². The molecular formula is C24H19NO6S. The number of fused-ring (bicyclic) bond motifs is 1. The van der Waals surface area contributed by atoms with Crippen molar-refractivity contribution in [3.05, 3.63) is 76.0 Å². The molecule has 7 nitrogen and oxygen atoms in total. The molecule has 1 atom stereocenters. The number of rotatable bonds is 4. The highest BCUT2D eigenvalue weighted by atomic mass is 32.1. The minimum Gasteiger partial charge on any atom is -0.507 e. The van der Waals surface area contributed by atoms with Crippen LogP contribution in [-0.2, 0) is 9.59 Å². The summed E-state index contributed by atoms with van der Waals surface area (Å²) in [6.45, 7) is 0.839. The Morgan fingerprint density at radius 3 is 2.59 bits per heavy atom. The summed E-state index contributed by atoms with van der Waals surface area (Å²) in [6.07, 6.45) is 0. The van der Waals surface area contributed by atoms with Crippen LogP contribution in [0.3, 0.4) is 0 Å². The fraction of sp³-hybridized carbons (Fsp3) is 0.167. The first kappa shape index (κ1) is 20.1. The molecule has 2 aromatic carbocycles. The highest BCUT2D eigenvalue weighted by Gasteiger charge is 2.48. The second-order valence-corrected chi connectivity index (χ2v) is 8.19. The number of para-hydroxylation sites is 2. The summed E-state index contributed by atoms with van der Waals surface area (Å²) in [6, 6.07) is 14.8. The van der Waals surface area contributed by atoms with Gasteiger partial charge in [0.15, 0.2) is 11.5 Å². The predicted molar refractivity (Wildman–Crippen MR) is 120 cm³/mol. The quantitative estimate of drug-likeness (QED) is 0.366. The Kier molecular flexibility index (Phi) is 5.07. The van der Waals surface area contributed by atoms with Crippen molar-refractivity contribution in [1.82, 2.24) is 0 Å². The van der Waals surface area contributed by atoms with Gasteiger partial charge >= 0.3 is 0 Å². The highest BCUT2D eigenvalue weighted by molar-refractivity contribution is 7.10. The van der Waals surface area contributed by atoms with Crippen LogP contribution >= 0.6 is 11.3 Å². The molecule has 0 spiro atoms. The zero-order valence-corrected chi connectivity index (χ0v) is 17.9. The molecule has 162 valence electrons. The Labute approximate surface area is 188 Å². The number of amides is 1. The molecule has 8 heteroatoms. The molecule has 3 aromatic rings. The number of Topliss-reactive ketones (excluding diaryl/α,β-unsaturated/α-hetero) is 1. The van der Waals surface area contributed by atoms with Crippen molar-refractivity contribution in [2.75, 3.05) is 25.2 Å². The Balaban J connectivity index is 1.69. The van der Waals surface area contributed by atoms with E-state index in [1.165, 1.54) is 23.3 Å². The number of carbonyl (C=O) groups is 2. The Hall–Kier alpha value is -3.78. The lowest BCUT2D eigenvalue weighted by Crippen LogP contribution is -2.29. The average Bonchev–Trinajstić information content (AvgIpc) is 3.45. The highest BCUT2D eigenvalue weighted by Crippen LogP contribution is 2.46. The lowest BCUT2D eigenvalue weighted by Gasteiger charge is -2.25. The summed E-state index contributed by atoms with van der Waals surface area (Å²) in [5, 5.41) is 13.1. The summed E-state index contributed by atoms with van der Waals surface area (Å²) >= 11 is 1.40. The van der Waals surface area contributed by atoms with Gasteiger partial charge in [-0.25, -0.2) is 0 Å². The predicted octanol–water partition coefficient (Wildman–Crippen LogP) is 4.15. The number of carbonyl (C=O) groups excluding carboxylic acids is 2. The maximum Gasteiger partial charge on any atom is 0.300 e. The average molecular weight is 449 g/mol. The molecule has 0 radical (unpaired) electrons. The minimum absolute atomic E-state index is 0.0139. The Bertz CT molecular complexity index is 1230.